The highest BCUT2D eigenvalue weighted by atomic mass is 32.2. The number of benzene rings is 3. The Bertz CT molecular complexity index is 1480. The van der Waals surface area contributed by atoms with Crippen LogP contribution in [-0.4, -0.2) is 37.0 Å². The summed E-state index contributed by atoms with van der Waals surface area (Å²) in [5.41, 5.74) is 5.62. The van der Waals surface area contributed by atoms with Gasteiger partial charge in [-0.05, 0) is 53.8 Å². The SMILES string of the molecule is CCSCCOC(=O)C1=C(C)NC2=C(C(=O)CC(c3ccccc3)C2)C1c1ccc(OCc2ccccc2)c(OC)c1. The molecular weight excluding hydrogens is 546 g/mol. The summed E-state index contributed by atoms with van der Waals surface area (Å²) in [5.74, 6) is 1.93. The highest BCUT2D eigenvalue weighted by Crippen LogP contribution is 2.47. The number of esters is 1. The molecule has 0 spiro atoms. The maximum atomic E-state index is 13.9. The third kappa shape index (κ3) is 6.57. The Morgan fingerprint density at radius 1 is 0.952 bits per heavy atom. The van der Waals surface area contributed by atoms with E-state index in [1.807, 2.05) is 73.7 Å². The first-order valence-corrected chi connectivity index (χ1v) is 15.5. The lowest BCUT2D eigenvalue weighted by atomic mass is 9.71. The van der Waals surface area contributed by atoms with Gasteiger partial charge in [-0.15, -0.1) is 0 Å². The Morgan fingerprint density at radius 2 is 1.69 bits per heavy atom. The molecular formula is C35H37NO5S. The van der Waals surface area contributed by atoms with Crippen LogP contribution in [0.25, 0.3) is 0 Å². The van der Waals surface area contributed by atoms with Crippen molar-refractivity contribution < 1.29 is 23.8 Å². The summed E-state index contributed by atoms with van der Waals surface area (Å²) in [6, 6.07) is 25.7. The molecule has 1 aliphatic carbocycles. The molecule has 3 aromatic rings. The van der Waals surface area contributed by atoms with Crippen LogP contribution >= 0.6 is 11.8 Å². The van der Waals surface area contributed by atoms with E-state index in [9.17, 15) is 9.59 Å². The van der Waals surface area contributed by atoms with Crippen molar-refractivity contribution in [2.45, 2.75) is 45.1 Å². The van der Waals surface area contributed by atoms with Crippen LogP contribution in [-0.2, 0) is 20.9 Å². The number of allylic oxidation sites excluding steroid dienone is 3. The Morgan fingerprint density at radius 3 is 2.40 bits per heavy atom. The van der Waals surface area contributed by atoms with E-state index in [1.165, 1.54) is 0 Å². The Labute approximate surface area is 252 Å². The summed E-state index contributed by atoms with van der Waals surface area (Å²) in [4.78, 5) is 27.5. The van der Waals surface area contributed by atoms with Crippen LogP contribution < -0.4 is 14.8 Å². The van der Waals surface area contributed by atoms with Gasteiger partial charge >= 0.3 is 5.97 Å². The molecule has 2 unspecified atom stereocenters. The molecule has 3 aromatic carbocycles. The van der Waals surface area contributed by atoms with Crippen LogP contribution in [0.15, 0.2) is 101 Å². The number of Topliss-reactive ketones (excluding diaryl/α,β-unsaturated/α-hetero) is 1. The van der Waals surface area contributed by atoms with Crippen LogP contribution in [0.5, 0.6) is 11.5 Å². The van der Waals surface area contributed by atoms with Gasteiger partial charge in [0.05, 0.1) is 12.7 Å². The zero-order valence-electron chi connectivity index (χ0n) is 24.4. The fourth-order valence-electron chi connectivity index (χ4n) is 5.74. The largest absolute Gasteiger partial charge is 0.493 e. The highest BCUT2D eigenvalue weighted by molar-refractivity contribution is 7.99. The van der Waals surface area contributed by atoms with Crippen molar-refractivity contribution in [1.29, 1.82) is 0 Å². The molecule has 5 rings (SSSR count). The number of ether oxygens (including phenoxy) is 3. The summed E-state index contributed by atoms with van der Waals surface area (Å²) < 4.78 is 17.6. The first-order valence-electron chi connectivity index (χ1n) is 14.4. The summed E-state index contributed by atoms with van der Waals surface area (Å²) in [6.45, 7) is 4.67. The Balaban J connectivity index is 1.50. The quantitative estimate of drug-likeness (QED) is 0.194. The molecule has 0 saturated carbocycles. The van der Waals surface area contributed by atoms with Gasteiger partial charge in [0.25, 0.3) is 0 Å². The fraction of sp³-hybridized carbons (Fsp3) is 0.314. The molecule has 0 aromatic heterocycles. The number of rotatable bonds is 11. The van der Waals surface area contributed by atoms with Crippen molar-refractivity contribution in [2.75, 3.05) is 25.2 Å². The van der Waals surface area contributed by atoms with Gasteiger partial charge in [0.2, 0.25) is 0 Å². The number of ketones is 1. The van der Waals surface area contributed by atoms with E-state index in [4.69, 9.17) is 14.2 Å². The van der Waals surface area contributed by atoms with E-state index in [0.29, 0.717) is 54.4 Å². The van der Waals surface area contributed by atoms with Crippen molar-refractivity contribution in [3.8, 4) is 11.5 Å². The zero-order chi connectivity index (χ0) is 29.5. The van der Waals surface area contributed by atoms with Crippen molar-refractivity contribution >= 4 is 23.5 Å². The van der Waals surface area contributed by atoms with E-state index < -0.39 is 11.9 Å². The van der Waals surface area contributed by atoms with Crippen molar-refractivity contribution in [2.24, 2.45) is 0 Å². The molecule has 2 aliphatic rings. The monoisotopic (exact) mass is 583 g/mol. The van der Waals surface area contributed by atoms with Gasteiger partial charge in [0.15, 0.2) is 17.3 Å². The molecule has 7 heteroatoms. The van der Waals surface area contributed by atoms with E-state index >= 15 is 0 Å². The number of methoxy groups -OCH3 is 1. The molecule has 0 bridgehead atoms. The number of hydrogen-bond donors (Lipinski definition) is 1. The van der Waals surface area contributed by atoms with E-state index in [-0.39, 0.29) is 11.7 Å². The van der Waals surface area contributed by atoms with Gasteiger partial charge in [0.1, 0.15) is 13.2 Å². The highest BCUT2D eigenvalue weighted by Gasteiger charge is 2.41. The van der Waals surface area contributed by atoms with Crippen LogP contribution in [0.2, 0.25) is 0 Å². The second kappa shape index (κ2) is 13.8. The maximum Gasteiger partial charge on any atom is 0.336 e. The van der Waals surface area contributed by atoms with Crippen LogP contribution in [0, 0.1) is 0 Å². The third-order valence-electron chi connectivity index (χ3n) is 7.74. The van der Waals surface area contributed by atoms with Crippen molar-refractivity contribution in [3.05, 3.63) is 118 Å². The van der Waals surface area contributed by atoms with Gasteiger partial charge in [0, 0.05) is 35.1 Å². The van der Waals surface area contributed by atoms with Crippen molar-refractivity contribution in [1.82, 2.24) is 5.32 Å². The minimum absolute atomic E-state index is 0.0327. The summed E-state index contributed by atoms with van der Waals surface area (Å²) in [5, 5.41) is 3.44. The normalized spacial score (nSPS) is 18.3. The zero-order valence-corrected chi connectivity index (χ0v) is 25.2. The number of hydrogen-bond acceptors (Lipinski definition) is 7. The summed E-state index contributed by atoms with van der Waals surface area (Å²) in [7, 11) is 1.60. The summed E-state index contributed by atoms with van der Waals surface area (Å²) in [6.07, 6.45) is 1.06. The molecule has 6 nitrogen and oxygen atoms in total. The lowest BCUT2D eigenvalue weighted by Gasteiger charge is -2.37. The molecule has 2 atom stereocenters. The lowest BCUT2D eigenvalue weighted by Crippen LogP contribution is -2.36. The molecule has 1 N–H and O–H groups in total. The van der Waals surface area contributed by atoms with Crippen LogP contribution in [0.3, 0.4) is 0 Å². The van der Waals surface area contributed by atoms with Gasteiger partial charge in [-0.2, -0.15) is 11.8 Å². The molecule has 0 radical (unpaired) electrons. The van der Waals surface area contributed by atoms with E-state index in [2.05, 4.69) is 24.4 Å². The predicted octanol–water partition coefficient (Wildman–Crippen LogP) is 6.93. The standard InChI is InChI=1S/C35H37NO5S/c1-4-42-18-17-40-35(38)32-23(2)36-28-19-27(25-13-9-6-10-14-25)20-29(37)34(28)33(32)26-15-16-30(31(21-26)39-3)41-22-24-11-7-5-8-12-24/h5-16,21,27,33,36H,4,17-20,22H2,1-3H3. The van der Waals surface area contributed by atoms with Crippen LogP contribution in [0.1, 0.15) is 55.2 Å². The number of thioether (sulfide) groups is 1. The Kier molecular flexibility index (Phi) is 9.70. The third-order valence-corrected chi connectivity index (χ3v) is 8.61. The lowest BCUT2D eigenvalue weighted by molar-refractivity contribution is -0.138. The topological polar surface area (TPSA) is 73.9 Å². The molecule has 1 heterocycles. The molecule has 218 valence electrons. The molecule has 42 heavy (non-hydrogen) atoms. The van der Waals surface area contributed by atoms with Crippen LogP contribution in [0.4, 0.5) is 0 Å². The number of nitrogens with one attached hydrogen (secondary N) is 1. The number of carbonyl (C=O) groups is 2. The smallest absolute Gasteiger partial charge is 0.336 e. The predicted molar refractivity (Wildman–Crippen MR) is 167 cm³/mol. The fourth-order valence-corrected chi connectivity index (χ4v) is 6.23. The summed E-state index contributed by atoms with van der Waals surface area (Å²) >= 11 is 1.72. The van der Waals surface area contributed by atoms with E-state index in [0.717, 1.165) is 33.9 Å². The molecule has 0 amide bonds. The second-order valence-electron chi connectivity index (χ2n) is 10.4. The van der Waals surface area contributed by atoms with Gasteiger partial charge in [-0.3, -0.25) is 4.79 Å². The number of carbonyl (C=O) groups excluding carboxylic acids is 2. The average molecular weight is 584 g/mol. The first kappa shape index (κ1) is 29.5. The average Bonchev–Trinajstić information content (AvgIpc) is 3.02. The molecule has 0 saturated heterocycles. The van der Waals surface area contributed by atoms with E-state index in [1.54, 1.807) is 18.9 Å². The maximum absolute atomic E-state index is 13.9. The van der Waals surface area contributed by atoms with Crippen molar-refractivity contribution in [3.63, 3.8) is 0 Å². The molecule has 0 fully saturated rings. The van der Waals surface area contributed by atoms with Gasteiger partial charge < -0.3 is 19.5 Å². The Hall–Kier alpha value is -3.97. The van der Waals surface area contributed by atoms with Gasteiger partial charge in [-0.25, -0.2) is 4.79 Å². The minimum atomic E-state index is -0.575. The number of dihydropyridines is 1. The first-order chi connectivity index (χ1) is 20.5. The minimum Gasteiger partial charge on any atom is -0.493 e. The second-order valence-corrected chi connectivity index (χ2v) is 11.8. The molecule has 1 aliphatic heterocycles. The van der Waals surface area contributed by atoms with Gasteiger partial charge in [-0.1, -0.05) is 73.7 Å².